The summed E-state index contributed by atoms with van der Waals surface area (Å²) in [6.45, 7) is 0. The molecule has 0 aliphatic rings. The highest BCUT2D eigenvalue weighted by Crippen LogP contribution is 2.44. The van der Waals surface area contributed by atoms with Crippen LogP contribution in [0.1, 0.15) is 38.4 Å². The Balaban J connectivity index is 1.57. The summed E-state index contributed by atoms with van der Waals surface area (Å²) in [5, 5.41) is -6.46. The minimum absolute atomic E-state index is 0.492. The van der Waals surface area contributed by atoms with Crippen molar-refractivity contribution < 1.29 is 38.4 Å². The Labute approximate surface area is 295 Å². The maximum atomic E-state index is 9.81. The average molecular weight is 585 g/mol. The molecule has 0 aromatic heterocycles. The average Bonchev–Trinajstić information content (AvgIpc) is 3.34. The third-order valence-corrected chi connectivity index (χ3v) is 7.06. The summed E-state index contributed by atoms with van der Waals surface area (Å²) in [5.41, 5.74) is -4.95. The lowest BCUT2D eigenvalue weighted by Gasteiger charge is -2.18. The number of fused-ring (bicyclic) bond motifs is 6. The van der Waals surface area contributed by atoms with Crippen molar-refractivity contribution in [2.75, 3.05) is 0 Å². The number of rotatable bonds is 3. The summed E-state index contributed by atoms with van der Waals surface area (Å²) in [5.74, 6) is 0. The molecular formula is C44H28. The third kappa shape index (κ3) is 3.92. The second-order valence-corrected chi connectivity index (χ2v) is 9.50. The van der Waals surface area contributed by atoms with Crippen LogP contribution in [0.15, 0.2) is 169 Å². The van der Waals surface area contributed by atoms with Crippen molar-refractivity contribution in [2.45, 2.75) is 0 Å². The molecule has 0 amide bonds. The van der Waals surface area contributed by atoms with Crippen LogP contribution in [-0.4, -0.2) is 0 Å². The maximum absolute atomic E-state index is 9.81. The van der Waals surface area contributed by atoms with E-state index in [2.05, 4.69) is 0 Å². The molecule has 44 heavy (non-hydrogen) atoms. The number of hydrogen-bond donors (Lipinski definition) is 0. The van der Waals surface area contributed by atoms with Crippen molar-refractivity contribution in [1.82, 2.24) is 0 Å². The molecule has 0 fully saturated rings. The first kappa shape index (κ1) is 9.64. The summed E-state index contributed by atoms with van der Waals surface area (Å²) < 4.78 is 251. The van der Waals surface area contributed by atoms with Crippen LogP contribution in [0.2, 0.25) is 0 Å². The van der Waals surface area contributed by atoms with Gasteiger partial charge in [0.05, 0.1) is 38.4 Å². The summed E-state index contributed by atoms with van der Waals surface area (Å²) in [6.07, 6.45) is 0. The molecule has 0 N–H and O–H groups in total. The smallest absolute Gasteiger partial charge is 0.0616 e. The molecule has 0 aliphatic carbocycles. The van der Waals surface area contributed by atoms with Gasteiger partial charge < -0.3 is 0 Å². The lowest BCUT2D eigenvalue weighted by molar-refractivity contribution is 1.63. The molecule has 0 radical (unpaired) electrons. The second-order valence-electron chi connectivity index (χ2n) is 9.50. The first-order valence-corrected chi connectivity index (χ1v) is 13.0. The molecule has 9 aromatic rings. The fourth-order valence-electron chi connectivity index (χ4n) is 5.16. The van der Waals surface area contributed by atoms with Gasteiger partial charge in [-0.1, -0.05) is 151 Å². The summed E-state index contributed by atoms with van der Waals surface area (Å²) in [4.78, 5) is 0. The topological polar surface area (TPSA) is 0 Å². The zero-order chi connectivity index (χ0) is 53.4. The Kier molecular flexibility index (Phi) is 2.18. The van der Waals surface area contributed by atoms with Gasteiger partial charge in [-0.05, 0) is 105 Å². The zero-order valence-corrected chi connectivity index (χ0v) is 22.0. The SMILES string of the molecule is [2H]c1c([2H])c(-c2c([2H])c([2H])c3c(c2[2H])c([2H])c([2H])c2c([2H])c([2H])c([2H])c([2H])c23)c([2H])c(-c2c3c([2H])c([2H])c([2H])c([2H])c3c(-c3c([2H])c([2H])c4c([2H])c([2H])c([2H])c([2H])c4c3[2H])c3c([2H])c([2H])c([2H])c([2H])c23)c1[2H]. The molecular weight excluding hydrogens is 528 g/mol. The minimum Gasteiger partial charge on any atom is -0.0616 e. The van der Waals surface area contributed by atoms with Crippen LogP contribution in [0.25, 0.3) is 87.2 Å². The summed E-state index contributed by atoms with van der Waals surface area (Å²) in [6, 6.07) is -26.3. The highest BCUT2D eigenvalue weighted by molar-refractivity contribution is 6.22. The number of benzene rings is 9. The molecule has 0 spiro atoms. The molecule has 0 heteroatoms. The summed E-state index contributed by atoms with van der Waals surface area (Å²) in [7, 11) is 0. The maximum Gasteiger partial charge on any atom is 0.0636 e. The highest BCUT2D eigenvalue weighted by Gasteiger charge is 2.17. The normalized spacial score (nSPS) is 20.5. The van der Waals surface area contributed by atoms with Crippen LogP contribution in [-0.2, 0) is 0 Å². The molecule has 204 valence electrons. The van der Waals surface area contributed by atoms with E-state index in [4.69, 9.17) is 23.3 Å². The van der Waals surface area contributed by atoms with Crippen LogP contribution in [0.5, 0.6) is 0 Å². The van der Waals surface area contributed by atoms with Gasteiger partial charge in [0.2, 0.25) is 0 Å². The predicted molar refractivity (Wildman–Crippen MR) is 190 cm³/mol. The van der Waals surface area contributed by atoms with Crippen molar-refractivity contribution in [3.05, 3.63) is 169 Å². The Bertz CT molecular complexity index is 4040. The summed E-state index contributed by atoms with van der Waals surface area (Å²) >= 11 is 0. The Morgan fingerprint density at radius 3 is 1.39 bits per heavy atom. The van der Waals surface area contributed by atoms with Gasteiger partial charge in [0.1, 0.15) is 0 Å². The van der Waals surface area contributed by atoms with Crippen molar-refractivity contribution in [1.29, 1.82) is 0 Å². The largest absolute Gasteiger partial charge is 0.0636 e. The first-order chi connectivity index (χ1) is 33.5. The number of hydrogen-bond acceptors (Lipinski definition) is 0. The van der Waals surface area contributed by atoms with Crippen LogP contribution in [0.4, 0.5) is 0 Å². The van der Waals surface area contributed by atoms with E-state index >= 15 is 0 Å². The van der Waals surface area contributed by atoms with Gasteiger partial charge in [-0.3, -0.25) is 0 Å². The van der Waals surface area contributed by atoms with Crippen LogP contribution in [0.3, 0.4) is 0 Å². The van der Waals surface area contributed by atoms with Crippen LogP contribution >= 0.6 is 0 Å². The Morgan fingerprint density at radius 2 is 0.682 bits per heavy atom. The lowest BCUT2D eigenvalue weighted by atomic mass is 9.85. The van der Waals surface area contributed by atoms with E-state index < -0.39 is 256 Å². The molecule has 0 atom stereocenters. The molecule has 0 heterocycles. The quantitative estimate of drug-likeness (QED) is 0.143. The Morgan fingerprint density at radius 1 is 0.250 bits per heavy atom. The standard InChI is InChI=1S/C44H28/c1-2-12-31-27-36(23-20-29(31)10-1)44-41-18-7-5-16-39(41)43(40-17-6-8-19-42(40)44)35-14-9-13-32(28-35)33-24-25-38-34(26-33)22-21-30-11-3-4-15-37(30)38/h1-28H/i1D,2D,3D,4D,5D,6D,7D,8D,9D,10D,11D,12D,13D,14D,15D,16D,17D,18D,19D,20D,21D,22D,23D,24D,25D,26D,27D,28D. The van der Waals surface area contributed by atoms with Gasteiger partial charge in [-0.25, -0.2) is 0 Å². The van der Waals surface area contributed by atoms with E-state index in [0.29, 0.717) is 0 Å². The van der Waals surface area contributed by atoms with Crippen molar-refractivity contribution in [3.63, 3.8) is 0 Å². The molecule has 0 saturated heterocycles. The predicted octanol–water partition coefficient (Wildman–Crippen LogP) is 12.5. The molecule has 0 saturated carbocycles. The van der Waals surface area contributed by atoms with Crippen molar-refractivity contribution in [3.8, 4) is 33.4 Å². The van der Waals surface area contributed by atoms with Gasteiger partial charge >= 0.3 is 0 Å². The highest BCUT2D eigenvalue weighted by atomic mass is 14.2. The van der Waals surface area contributed by atoms with Crippen LogP contribution in [0, 0.1) is 0 Å². The molecule has 0 nitrogen and oxygen atoms in total. The molecule has 0 unspecified atom stereocenters. The van der Waals surface area contributed by atoms with Crippen molar-refractivity contribution in [2.24, 2.45) is 0 Å². The molecule has 0 aliphatic heterocycles. The lowest BCUT2D eigenvalue weighted by Crippen LogP contribution is -1.91. The van der Waals surface area contributed by atoms with E-state index in [1.54, 1.807) is 0 Å². The van der Waals surface area contributed by atoms with E-state index in [1.165, 1.54) is 0 Å². The Hall–Kier alpha value is -5.72. The second kappa shape index (κ2) is 9.93. The van der Waals surface area contributed by atoms with E-state index in [-0.39, 0.29) is 0 Å². The first-order valence-electron chi connectivity index (χ1n) is 27.0. The van der Waals surface area contributed by atoms with Crippen molar-refractivity contribution >= 4 is 53.9 Å². The van der Waals surface area contributed by atoms with E-state index in [1.807, 2.05) is 0 Å². The van der Waals surface area contributed by atoms with Gasteiger partial charge in [0.25, 0.3) is 0 Å². The minimum atomic E-state index is -1.10. The fraction of sp³-hybridized carbons (Fsp3) is 0. The van der Waals surface area contributed by atoms with Gasteiger partial charge in [-0.15, -0.1) is 0 Å². The van der Waals surface area contributed by atoms with Gasteiger partial charge in [-0.2, -0.15) is 0 Å². The van der Waals surface area contributed by atoms with E-state index in [9.17, 15) is 15.1 Å². The fourth-order valence-corrected chi connectivity index (χ4v) is 5.16. The third-order valence-electron chi connectivity index (χ3n) is 7.06. The van der Waals surface area contributed by atoms with Gasteiger partial charge in [0, 0.05) is 0 Å². The molecule has 9 rings (SSSR count). The van der Waals surface area contributed by atoms with E-state index in [0.717, 1.165) is 0 Å². The molecule has 0 bridgehead atoms. The molecule has 9 aromatic carbocycles. The van der Waals surface area contributed by atoms with Gasteiger partial charge in [0.15, 0.2) is 0 Å². The zero-order valence-electron chi connectivity index (χ0n) is 50.0. The monoisotopic (exact) mass is 584 g/mol. The van der Waals surface area contributed by atoms with Crippen LogP contribution < -0.4 is 0 Å².